The van der Waals surface area contributed by atoms with Crippen LogP contribution < -0.4 is 15.8 Å². The molecule has 1 amide bonds. The minimum absolute atomic E-state index is 0.0410. The average Bonchev–Trinajstić information content (AvgIpc) is 3.25. The van der Waals surface area contributed by atoms with Gasteiger partial charge in [0.2, 0.25) is 5.91 Å². The number of nitrogens with two attached hydrogens (primary N) is 1. The molecule has 0 saturated heterocycles. The Kier molecular flexibility index (Phi) is 5.41. The summed E-state index contributed by atoms with van der Waals surface area (Å²) < 4.78 is 5.82. The third-order valence-electron chi connectivity index (χ3n) is 3.45. The second kappa shape index (κ2) is 7.29. The first-order valence-electron chi connectivity index (χ1n) is 7.38. The van der Waals surface area contributed by atoms with Crippen molar-refractivity contribution in [2.75, 3.05) is 6.61 Å². The summed E-state index contributed by atoms with van der Waals surface area (Å²) in [7, 11) is 0. The molecule has 20 heavy (non-hydrogen) atoms. The molecule has 1 saturated carbocycles. The molecule has 0 aromatic heterocycles. The van der Waals surface area contributed by atoms with E-state index < -0.39 is 0 Å². The van der Waals surface area contributed by atoms with Crippen LogP contribution in [0.1, 0.15) is 38.2 Å². The van der Waals surface area contributed by atoms with Gasteiger partial charge in [-0.3, -0.25) is 4.79 Å². The molecule has 1 aliphatic carbocycles. The fraction of sp³-hybridized carbons (Fsp3) is 0.562. The number of carbonyl (C=O) groups is 1. The summed E-state index contributed by atoms with van der Waals surface area (Å²) in [6.07, 6.45) is 3.74. The summed E-state index contributed by atoms with van der Waals surface area (Å²) in [6, 6.07) is 7.95. The molecule has 110 valence electrons. The molecule has 1 unspecified atom stereocenters. The maximum Gasteiger partial charge on any atom is 0.220 e. The minimum Gasteiger partial charge on any atom is -0.493 e. The van der Waals surface area contributed by atoms with E-state index in [4.69, 9.17) is 10.5 Å². The van der Waals surface area contributed by atoms with Gasteiger partial charge in [0, 0.05) is 24.6 Å². The minimum atomic E-state index is 0.0410. The lowest BCUT2D eigenvalue weighted by atomic mass is 10.1. The normalized spacial score (nSPS) is 15.7. The number of nitrogens with one attached hydrogen (secondary N) is 1. The molecule has 1 aromatic rings. The Labute approximate surface area is 120 Å². The molecule has 1 aliphatic rings. The van der Waals surface area contributed by atoms with Crippen LogP contribution in [0.25, 0.3) is 0 Å². The van der Waals surface area contributed by atoms with E-state index in [-0.39, 0.29) is 11.9 Å². The van der Waals surface area contributed by atoms with E-state index in [1.54, 1.807) is 0 Å². The van der Waals surface area contributed by atoms with Crippen molar-refractivity contribution >= 4 is 5.91 Å². The number of amides is 1. The van der Waals surface area contributed by atoms with Crippen LogP contribution in [-0.4, -0.2) is 18.6 Å². The van der Waals surface area contributed by atoms with Crippen LogP contribution in [0.3, 0.4) is 0 Å². The molecule has 1 fully saturated rings. The summed E-state index contributed by atoms with van der Waals surface area (Å²) in [5.74, 6) is 1.65. The molecule has 1 atom stereocenters. The summed E-state index contributed by atoms with van der Waals surface area (Å²) >= 11 is 0. The van der Waals surface area contributed by atoms with Gasteiger partial charge in [-0.2, -0.15) is 0 Å². The van der Waals surface area contributed by atoms with Gasteiger partial charge in [-0.1, -0.05) is 18.2 Å². The monoisotopic (exact) mass is 276 g/mol. The molecule has 4 nitrogen and oxygen atoms in total. The smallest absolute Gasteiger partial charge is 0.220 e. The second-order valence-electron chi connectivity index (χ2n) is 5.65. The van der Waals surface area contributed by atoms with Crippen molar-refractivity contribution in [1.29, 1.82) is 0 Å². The SMILES string of the molecule is CC(N)CCC(=O)NCc1ccccc1OCC1CC1. The Hall–Kier alpha value is -1.55. The first-order chi connectivity index (χ1) is 9.65. The number of para-hydroxylation sites is 1. The Bertz CT molecular complexity index is 442. The Morgan fingerprint density at radius 1 is 1.45 bits per heavy atom. The maximum absolute atomic E-state index is 11.7. The van der Waals surface area contributed by atoms with Crippen LogP contribution in [0.15, 0.2) is 24.3 Å². The zero-order chi connectivity index (χ0) is 14.4. The standard InChI is InChI=1S/C16H24N2O2/c1-12(17)6-9-16(19)18-10-14-4-2-3-5-15(14)20-11-13-7-8-13/h2-5,12-13H,6-11,17H2,1H3,(H,18,19). The van der Waals surface area contributed by atoms with E-state index in [9.17, 15) is 4.79 Å². The second-order valence-corrected chi connectivity index (χ2v) is 5.65. The molecule has 0 heterocycles. The van der Waals surface area contributed by atoms with Crippen molar-refractivity contribution < 1.29 is 9.53 Å². The fourth-order valence-corrected chi connectivity index (χ4v) is 1.92. The van der Waals surface area contributed by atoms with Gasteiger partial charge in [0.15, 0.2) is 0 Å². The van der Waals surface area contributed by atoms with Crippen LogP contribution in [0.5, 0.6) is 5.75 Å². The van der Waals surface area contributed by atoms with Gasteiger partial charge in [0.25, 0.3) is 0 Å². The van der Waals surface area contributed by atoms with Crippen molar-refractivity contribution in [2.45, 2.75) is 45.2 Å². The first-order valence-corrected chi connectivity index (χ1v) is 7.38. The van der Waals surface area contributed by atoms with Gasteiger partial charge >= 0.3 is 0 Å². The number of hydrogen-bond donors (Lipinski definition) is 2. The van der Waals surface area contributed by atoms with E-state index >= 15 is 0 Å². The van der Waals surface area contributed by atoms with Crippen molar-refractivity contribution in [3.63, 3.8) is 0 Å². The summed E-state index contributed by atoms with van der Waals surface area (Å²) in [5, 5.41) is 2.92. The number of benzene rings is 1. The maximum atomic E-state index is 11.7. The van der Waals surface area contributed by atoms with Gasteiger partial charge in [-0.25, -0.2) is 0 Å². The number of rotatable bonds is 8. The lowest BCUT2D eigenvalue weighted by Crippen LogP contribution is -2.25. The lowest BCUT2D eigenvalue weighted by molar-refractivity contribution is -0.121. The van der Waals surface area contributed by atoms with Crippen molar-refractivity contribution in [3.8, 4) is 5.75 Å². The van der Waals surface area contributed by atoms with Crippen molar-refractivity contribution in [1.82, 2.24) is 5.32 Å². The van der Waals surface area contributed by atoms with Gasteiger partial charge < -0.3 is 15.8 Å². The van der Waals surface area contributed by atoms with E-state index in [0.29, 0.717) is 19.4 Å². The van der Waals surface area contributed by atoms with Crippen LogP contribution in [0.2, 0.25) is 0 Å². The zero-order valence-corrected chi connectivity index (χ0v) is 12.1. The average molecular weight is 276 g/mol. The predicted octanol–water partition coefficient (Wildman–Crippen LogP) is 2.22. The van der Waals surface area contributed by atoms with Gasteiger partial charge in [-0.05, 0) is 38.2 Å². The molecule has 2 rings (SSSR count). The molecule has 0 aliphatic heterocycles. The van der Waals surface area contributed by atoms with Crippen LogP contribution >= 0.6 is 0 Å². The number of hydrogen-bond acceptors (Lipinski definition) is 3. The molecule has 3 N–H and O–H groups in total. The van der Waals surface area contributed by atoms with Gasteiger partial charge in [0.1, 0.15) is 5.75 Å². The Morgan fingerprint density at radius 3 is 2.90 bits per heavy atom. The van der Waals surface area contributed by atoms with E-state index in [1.807, 2.05) is 31.2 Å². The molecular formula is C16H24N2O2. The highest BCUT2D eigenvalue weighted by Gasteiger charge is 2.22. The largest absolute Gasteiger partial charge is 0.493 e. The highest BCUT2D eigenvalue weighted by Crippen LogP contribution is 2.30. The topological polar surface area (TPSA) is 64.4 Å². The van der Waals surface area contributed by atoms with Crippen LogP contribution in [0, 0.1) is 5.92 Å². The zero-order valence-electron chi connectivity index (χ0n) is 12.1. The van der Waals surface area contributed by atoms with E-state index in [2.05, 4.69) is 5.32 Å². The van der Waals surface area contributed by atoms with Crippen molar-refractivity contribution in [3.05, 3.63) is 29.8 Å². The fourth-order valence-electron chi connectivity index (χ4n) is 1.92. The van der Waals surface area contributed by atoms with Crippen LogP contribution in [-0.2, 0) is 11.3 Å². The molecule has 0 bridgehead atoms. The number of carbonyl (C=O) groups excluding carboxylic acids is 1. The third-order valence-corrected chi connectivity index (χ3v) is 3.45. The molecular weight excluding hydrogens is 252 g/mol. The molecule has 0 radical (unpaired) electrons. The predicted molar refractivity (Wildman–Crippen MR) is 79.4 cm³/mol. The van der Waals surface area contributed by atoms with E-state index in [0.717, 1.165) is 23.8 Å². The first kappa shape index (κ1) is 14.9. The molecule has 4 heteroatoms. The summed E-state index contributed by atoms with van der Waals surface area (Å²) in [5.41, 5.74) is 6.68. The Balaban J connectivity index is 1.80. The van der Waals surface area contributed by atoms with E-state index in [1.165, 1.54) is 12.8 Å². The highest BCUT2D eigenvalue weighted by molar-refractivity contribution is 5.75. The molecule has 0 spiro atoms. The number of ether oxygens (including phenoxy) is 1. The Morgan fingerprint density at radius 2 is 2.20 bits per heavy atom. The lowest BCUT2D eigenvalue weighted by Gasteiger charge is -2.12. The highest BCUT2D eigenvalue weighted by atomic mass is 16.5. The van der Waals surface area contributed by atoms with Gasteiger partial charge in [0.05, 0.1) is 6.61 Å². The quantitative estimate of drug-likeness (QED) is 0.765. The molecule has 1 aromatic carbocycles. The third kappa shape index (κ3) is 5.21. The summed E-state index contributed by atoms with van der Waals surface area (Å²) in [6.45, 7) is 3.21. The van der Waals surface area contributed by atoms with Crippen LogP contribution in [0.4, 0.5) is 0 Å². The van der Waals surface area contributed by atoms with Gasteiger partial charge in [-0.15, -0.1) is 0 Å². The van der Waals surface area contributed by atoms with Crippen molar-refractivity contribution in [2.24, 2.45) is 11.7 Å². The summed E-state index contributed by atoms with van der Waals surface area (Å²) in [4.78, 5) is 11.7.